The molecule has 1 heterocycles. The van der Waals surface area contributed by atoms with Crippen LogP contribution in [0, 0.1) is 0 Å². The lowest BCUT2D eigenvalue weighted by Gasteiger charge is -1.94. The van der Waals surface area contributed by atoms with Crippen LogP contribution >= 0.6 is 0 Å². The van der Waals surface area contributed by atoms with E-state index in [2.05, 4.69) is 11.9 Å². The van der Waals surface area contributed by atoms with Gasteiger partial charge in [-0.1, -0.05) is 6.08 Å². The SMILES string of the molecule is C=C[C@H]1COCN1. The lowest BCUT2D eigenvalue weighted by Crippen LogP contribution is -2.19. The van der Waals surface area contributed by atoms with Gasteiger partial charge in [0.05, 0.1) is 19.4 Å². The number of nitrogens with one attached hydrogen (secondary N) is 1. The zero-order valence-corrected chi connectivity index (χ0v) is 4.18. The Morgan fingerprint density at radius 1 is 1.86 bits per heavy atom. The van der Waals surface area contributed by atoms with Gasteiger partial charge in [0.1, 0.15) is 0 Å². The van der Waals surface area contributed by atoms with E-state index in [1.165, 1.54) is 0 Å². The third-order valence-electron chi connectivity index (χ3n) is 1.03. The lowest BCUT2D eigenvalue weighted by atomic mass is 10.3. The molecule has 0 aromatic rings. The van der Waals surface area contributed by atoms with E-state index in [-0.39, 0.29) is 0 Å². The van der Waals surface area contributed by atoms with Gasteiger partial charge in [-0.05, 0) is 0 Å². The summed E-state index contributed by atoms with van der Waals surface area (Å²) in [4.78, 5) is 0. The summed E-state index contributed by atoms with van der Waals surface area (Å²) >= 11 is 0. The normalized spacial score (nSPS) is 30.6. The first-order chi connectivity index (χ1) is 3.43. The summed E-state index contributed by atoms with van der Waals surface area (Å²) in [6, 6.07) is 0.389. The van der Waals surface area contributed by atoms with Crippen molar-refractivity contribution in [1.29, 1.82) is 0 Å². The molecule has 1 rings (SSSR count). The summed E-state index contributed by atoms with van der Waals surface area (Å²) in [5, 5.41) is 3.07. The number of hydrogen-bond donors (Lipinski definition) is 1. The molecule has 0 saturated carbocycles. The summed E-state index contributed by atoms with van der Waals surface area (Å²) in [6.07, 6.45) is 1.85. The molecule has 0 amide bonds. The lowest BCUT2D eigenvalue weighted by molar-refractivity contribution is 0.192. The first kappa shape index (κ1) is 4.81. The summed E-state index contributed by atoms with van der Waals surface area (Å²) in [6.45, 7) is 5.06. The largest absolute Gasteiger partial charge is 0.364 e. The first-order valence-electron chi connectivity index (χ1n) is 2.37. The molecule has 0 aliphatic carbocycles. The van der Waals surface area contributed by atoms with Gasteiger partial charge in [-0.3, -0.25) is 5.32 Å². The molecule has 2 nitrogen and oxygen atoms in total. The molecule has 7 heavy (non-hydrogen) atoms. The number of ether oxygens (including phenoxy) is 1. The molecule has 1 saturated heterocycles. The van der Waals surface area contributed by atoms with E-state index in [0.29, 0.717) is 12.8 Å². The van der Waals surface area contributed by atoms with E-state index in [1.54, 1.807) is 0 Å². The Morgan fingerprint density at radius 3 is 3.00 bits per heavy atom. The monoisotopic (exact) mass is 99.1 g/mol. The second-order valence-corrected chi connectivity index (χ2v) is 1.56. The average molecular weight is 99.1 g/mol. The molecule has 0 aromatic carbocycles. The maximum Gasteiger partial charge on any atom is 0.0971 e. The molecule has 0 spiro atoms. The van der Waals surface area contributed by atoms with Crippen LogP contribution in [-0.2, 0) is 4.74 Å². The van der Waals surface area contributed by atoms with Gasteiger partial charge >= 0.3 is 0 Å². The van der Waals surface area contributed by atoms with E-state index < -0.39 is 0 Å². The molecule has 1 fully saturated rings. The van der Waals surface area contributed by atoms with Crippen molar-refractivity contribution in [2.45, 2.75) is 6.04 Å². The first-order valence-corrected chi connectivity index (χ1v) is 2.37. The Kier molecular flexibility index (Phi) is 1.44. The van der Waals surface area contributed by atoms with Gasteiger partial charge in [0, 0.05) is 0 Å². The second-order valence-electron chi connectivity index (χ2n) is 1.56. The molecule has 40 valence electrons. The van der Waals surface area contributed by atoms with Gasteiger partial charge in [-0.2, -0.15) is 0 Å². The number of rotatable bonds is 1. The quantitative estimate of drug-likeness (QED) is 0.471. The van der Waals surface area contributed by atoms with E-state index in [9.17, 15) is 0 Å². The minimum absolute atomic E-state index is 0.389. The Labute approximate surface area is 43.2 Å². The van der Waals surface area contributed by atoms with Gasteiger partial charge in [0.15, 0.2) is 0 Å². The minimum Gasteiger partial charge on any atom is -0.364 e. The van der Waals surface area contributed by atoms with Crippen LogP contribution in [0.4, 0.5) is 0 Å². The Balaban J connectivity index is 2.26. The van der Waals surface area contributed by atoms with Crippen molar-refractivity contribution >= 4 is 0 Å². The highest BCUT2D eigenvalue weighted by atomic mass is 16.5. The molecule has 1 aliphatic rings. The summed E-state index contributed by atoms with van der Waals surface area (Å²) < 4.78 is 4.97. The third kappa shape index (κ3) is 1.01. The molecule has 1 aliphatic heterocycles. The van der Waals surface area contributed by atoms with Crippen molar-refractivity contribution in [3.05, 3.63) is 12.7 Å². The van der Waals surface area contributed by atoms with Gasteiger partial charge in [0.2, 0.25) is 0 Å². The van der Waals surface area contributed by atoms with Gasteiger partial charge in [-0.15, -0.1) is 6.58 Å². The maximum absolute atomic E-state index is 4.97. The van der Waals surface area contributed by atoms with Crippen molar-refractivity contribution < 1.29 is 4.74 Å². The molecule has 0 aromatic heterocycles. The molecular formula is C5H9NO. The third-order valence-corrected chi connectivity index (χ3v) is 1.03. The fraction of sp³-hybridized carbons (Fsp3) is 0.600. The summed E-state index contributed by atoms with van der Waals surface area (Å²) in [7, 11) is 0. The van der Waals surface area contributed by atoms with E-state index in [4.69, 9.17) is 4.74 Å². The highest BCUT2D eigenvalue weighted by Crippen LogP contribution is 1.92. The molecule has 1 atom stereocenters. The Bertz CT molecular complexity index is 66.5. The van der Waals surface area contributed by atoms with Crippen molar-refractivity contribution in [1.82, 2.24) is 5.32 Å². The van der Waals surface area contributed by atoms with Crippen molar-refractivity contribution in [2.24, 2.45) is 0 Å². The highest BCUT2D eigenvalue weighted by Gasteiger charge is 2.08. The van der Waals surface area contributed by atoms with Crippen LogP contribution in [-0.4, -0.2) is 19.4 Å². The van der Waals surface area contributed by atoms with Crippen molar-refractivity contribution in [3.8, 4) is 0 Å². The van der Waals surface area contributed by atoms with Crippen LogP contribution in [0.3, 0.4) is 0 Å². The Hall–Kier alpha value is -0.340. The standard InChI is InChI=1S/C5H9NO/c1-2-5-3-7-4-6-5/h2,5-6H,1,3-4H2/t5-/m0/s1. The topological polar surface area (TPSA) is 21.3 Å². The highest BCUT2D eigenvalue weighted by molar-refractivity contribution is 4.86. The zero-order valence-electron chi connectivity index (χ0n) is 4.18. The van der Waals surface area contributed by atoms with Crippen LogP contribution in [0.15, 0.2) is 12.7 Å². The summed E-state index contributed by atoms with van der Waals surface area (Å²) in [5.41, 5.74) is 0. The van der Waals surface area contributed by atoms with Crippen LogP contribution in [0.25, 0.3) is 0 Å². The molecule has 0 unspecified atom stereocenters. The van der Waals surface area contributed by atoms with Crippen LogP contribution < -0.4 is 5.32 Å². The fourth-order valence-corrected chi connectivity index (χ4v) is 0.562. The average Bonchev–Trinajstić information content (AvgIpc) is 2.14. The van der Waals surface area contributed by atoms with Crippen molar-refractivity contribution in [3.63, 3.8) is 0 Å². The summed E-state index contributed by atoms with van der Waals surface area (Å²) in [5.74, 6) is 0. The van der Waals surface area contributed by atoms with E-state index >= 15 is 0 Å². The molecular weight excluding hydrogens is 90.1 g/mol. The van der Waals surface area contributed by atoms with E-state index in [0.717, 1.165) is 6.61 Å². The maximum atomic E-state index is 4.97. The number of hydrogen-bond acceptors (Lipinski definition) is 2. The molecule has 0 bridgehead atoms. The van der Waals surface area contributed by atoms with E-state index in [1.807, 2.05) is 6.08 Å². The molecule has 1 N–H and O–H groups in total. The van der Waals surface area contributed by atoms with Crippen molar-refractivity contribution in [2.75, 3.05) is 13.3 Å². The minimum atomic E-state index is 0.389. The predicted octanol–water partition coefficient (Wildman–Crippen LogP) is 0.118. The van der Waals surface area contributed by atoms with Crippen LogP contribution in [0.5, 0.6) is 0 Å². The van der Waals surface area contributed by atoms with Crippen LogP contribution in [0.1, 0.15) is 0 Å². The van der Waals surface area contributed by atoms with Gasteiger partial charge in [-0.25, -0.2) is 0 Å². The zero-order chi connectivity index (χ0) is 5.11. The Morgan fingerprint density at radius 2 is 2.71 bits per heavy atom. The fourth-order valence-electron chi connectivity index (χ4n) is 0.562. The second kappa shape index (κ2) is 2.09. The molecule has 0 radical (unpaired) electrons. The molecule has 2 heteroatoms. The van der Waals surface area contributed by atoms with Gasteiger partial charge in [0.25, 0.3) is 0 Å². The predicted molar refractivity (Wildman–Crippen MR) is 27.9 cm³/mol. The smallest absolute Gasteiger partial charge is 0.0971 e. The van der Waals surface area contributed by atoms with Gasteiger partial charge < -0.3 is 4.74 Å². The van der Waals surface area contributed by atoms with Crippen LogP contribution in [0.2, 0.25) is 0 Å².